The molecule has 0 bridgehead atoms. The summed E-state index contributed by atoms with van der Waals surface area (Å²) in [7, 11) is 1.58. The zero-order valence-electron chi connectivity index (χ0n) is 13.7. The fourth-order valence-corrected chi connectivity index (χ4v) is 1.46. The number of amides is 1. The first-order valence-corrected chi connectivity index (χ1v) is 6.99. The number of carbonyl (C=O) groups is 1. The minimum atomic E-state index is -4.47. The monoisotopic (exact) mass is 334 g/mol. The Morgan fingerprint density at radius 1 is 1.30 bits per heavy atom. The molecule has 0 aliphatic carbocycles. The van der Waals surface area contributed by atoms with Crippen molar-refractivity contribution in [3.63, 3.8) is 0 Å². The van der Waals surface area contributed by atoms with Gasteiger partial charge in [0.1, 0.15) is 5.60 Å². The highest BCUT2D eigenvalue weighted by molar-refractivity contribution is 5.68. The van der Waals surface area contributed by atoms with Gasteiger partial charge in [0.25, 0.3) is 0 Å². The third-order valence-electron chi connectivity index (χ3n) is 2.88. The molecule has 1 heterocycles. The molecule has 9 heteroatoms. The fourth-order valence-electron chi connectivity index (χ4n) is 1.46. The number of halogens is 3. The number of ether oxygens (including phenoxy) is 1. The number of hydrogen-bond acceptors (Lipinski definition) is 5. The largest absolute Gasteiger partial charge is 0.444 e. The van der Waals surface area contributed by atoms with Crippen molar-refractivity contribution in [1.29, 1.82) is 0 Å². The van der Waals surface area contributed by atoms with E-state index in [-0.39, 0.29) is 18.5 Å². The zero-order valence-corrected chi connectivity index (χ0v) is 13.7. The topological polar surface area (TPSA) is 67.4 Å². The average molecular weight is 334 g/mol. The summed E-state index contributed by atoms with van der Waals surface area (Å²) in [4.78, 5) is 20.5. The van der Waals surface area contributed by atoms with Crippen molar-refractivity contribution in [2.24, 2.45) is 0 Å². The molecule has 0 aliphatic heterocycles. The van der Waals surface area contributed by atoms with E-state index in [1.807, 2.05) is 0 Å². The third-order valence-corrected chi connectivity index (χ3v) is 2.88. The number of anilines is 1. The summed E-state index contributed by atoms with van der Waals surface area (Å²) >= 11 is 0. The summed E-state index contributed by atoms with van der Waals surface area (Å²) in [6.45, 7) is 7.31. The van der Waals surface area contributed by atoms with Crippen LogP contribution in [0.25, 0.3) is 0 Å². The summed E-state index contributed by atoms with van der Waals surface area (Å²) in [5.74, 6) is 0.0578. The summed E-state index contributed by atoms with van der Waals surface area (Å²) in [6, 6.07) is -0.268. The van der Waals surface area contributed by atoms with Gasteiger partial charge < -0.3 is 15.0 Å². The van der Waals surface area contributed by atoms with Crippen LogP contribution in [0.2, 0.25) is 0 Å². The molecule has 0 radical (unpaired) electrons. The van der Waals surface area contributed by atoms with Crippen LogP contribution >= 0.6 is 0 Å². The summed E-state index contributed by atoms with van der Waals surface area (Å²) in [5, 5.41) is 2.78. The molecule has 0 aliphatic rings. The number of alkyl halides is 3. The summed E-state index contributed by atoms with van der Waals surface area (Å²) in [5.41, 5.74) is -1.52. The van der Waals surface area contributed by atoms with Gasteiger partial charge in [0, 0.05) is 32.0 Å². The lowest BCUT2D eigenvalue weighted by Gasteiger charge is -2.28. The van der Waals surface area contributed by atoms with E-state index in [4.69, 9.17) is 4.74 Å². The maximum absolute atomic E-state index is 12.4. The van der Waals surface area contributed by atoms with Gasteiger partial charge in [0.15, 0.2) is 0 Å². The van der Waals surface area contributed by atoms with E-state index in [1.54, 1.807) is 34.7 Å². The normalized spacial score (nSPS) is 13.4. The first kappa shape index (κ1) is 19.0. The molecular formula is C14H21F3N4O2. The highest BCUT2D eigenvalue weighted by Gasteiger charge is 2.31. The molecule has 1 aromatic heterocycles. The molecule has 1 atom stereocenters. The van der Waals surface area contributed by atoms with Gasteiger partial charge >= 0.3 is 12.3 Å². The minimum absolute atomic E-state index is 0.0578. The predicted octanol–water partition coefficient (Wildman–Crippen LogP) is 3.16. The number of carbonyl (C=O) groups excluding carboxylic acids is 1. The van der Waals surface area contributed by atoms with Crippen molar-refractivity contribution < 1.29 is 22.7 Å². The van der Waals surface area contributed by atoms with Crippen LogP contribution in [0.15, 0.2) is 12.4 Å². The van der Waals surface area contributed by atoms with Crippen LogP contribution in [-0.2, 0) is 10.9 Å². The van der Waals surface area contributed by atoms with Crippen LogP contribution in [0.5, 0.6) is 0 Å². The van der Waals surface area contributed by atoms with Gasteiger partial charge in [0.05, 0.1) is 5.56 Å². The highest BCUT2D eigenvalue weighted by atomic mass is 19.4. The third kappa shape index (κ3) is 6.29. The first-order chi connectivity index (χ1) is 10.4. The van der Waals surface area contributed by atoms with Gasteiger partial charge in [-0.15, -0.1) is 0 Å². The van der Waals surface area contributed by atoms with E-state index in [2.05, 4.69) is 15.3 Å². The number of nitrogens with zero attached hydrogens (tertiary/aromatic N) is 3. The molecule has 0 aromatic carbocycles. The lowest BCUT2D eigenvalue weighted by atomic mass is 10.2. The van der Waals surface area contributed by atoms with Crippen molar-refractivity contribution in [3.8, 4) is 0 Å². The van der Waals surface area contributed by atoms with Gasteiger partial charge in [-0.1, -0.05) is 0 Å². The summed E-state index contributed by atoms with van der Waals surface area (Å²) < 4.78 is 42.4. The Labute approximate surface area is 133 Å². The molecule has 130 valence electrons. The van der Waals surface area contributed by atoms with Gasteiger partial charge in [-0.3, -0.25) is 0 Å². The molecule has 1 rings (SSSR count). The maximum Gasteiger partial charge on any atom is 0.419 e. The van der Waals surface area contributed by atoms with E-state index in [1.165, 1.54) is 4.90 Å². The second-order valence-corrected chi connectivity index (χ2v) is 6.11. The van der Waals surface area contributed by atoms with Crippen molar-refractivity contribution in [2.45, 2.75) is 45.5 Å². The molecule has 0 saturated carbocycles. The van der Waals surface area contributed by atoms with E-state index in [0.717, 1.165) is 0 Å². The Balaban J connectivity index is 2.55. The standard InChI is InChI=1S/C14H21F3N4O2/c1-9(21(5)12(22)23-13(2,3)4)6-18-11-19-7-10(8-20-11)14(15,16)17/h7-9H,6H2,1-5H3,(H,18,19,20). The van der Waals surface area contributed by atoms with E-state index < -0.39 is 23.4 Å². The first-order valence-electron chi connectivity index (χ1n) is 6.99. The molecule has 1 N–H and O–H groups in total. The van der Waals surface area contributed by atoms with Crippen LogP contribution in [0.1, 0.15) is 33.3 Å². The lowest BCUT2D eigenvalue weighted by Crippen LogP contribution is -2.42. The number of likely N-dealkylation sites (N-methyl/N-ethyl adjacent to an activating group) is 1. The van der Waals surface area contributed by atoms with Crippen LogP contribution in [-0.4, -0.2) is 46.2 Å². The Kier molecular flexibility index (Phi) is 5.79. The summed E-state index contributed by atoms with van der Waals surface area (Å²) in [6.07, 6.45) is -3.54. The van der Waals surface area contributed by atoms with Gasteiger partial charge in [-0.25, -0.2) is 14.8 Å². The van der Waals surface area contributed by atoms with Crippen LogP contribution in [0.3, 0.4) is 0 Å². The average Bonchev–Trinajstić information content (AvgIpc) is 2.41. The van der Waals surface area contributed by atoms with Crippen LogP contribution < -0.4 is 5.32 Å². The highest BCUT2D eigenvalue weighted by Crippen LogP contribution is 2.27. The van der Waals surface area contributed by atoms with E-state index in [0.29, 0.717) is 12.4 Å². The van der Waals surface area contributed by atoms with E-state index in [9.17, 15) is 18.0 Å². The molecule has 6 nitrogen and oxygen atoms in total. The predicted molar refractivity (Wildman–Crippen MR) is 79.0 cm³/mol. The maximum atomic E-state index is 12.4. The molecule has 1 aromatic rings. The molecule has 0 fully saturated rings. The van der Waals surface area contributed by atoms with Crippen molar-refractivity contribution >= 4 is 12.0 Å². The molecule has 0 spiro atoms. The lowest BCUT2D eigenvalue weighted by molar-refractivity contribution is -0.138. The number of nitrogens with one attached hydrogen (secondary N) is 1. The Morgan fingerprint density at radius 3 is 2.26 bits per heavy atom. The van der Waals surface area contributed by atoms with Gasteiger partial charge in [-0.05, 0) is 27.7 Å². The number of hydrogen-bond donors (Lipinski definition) is 1. The Morgan fingerprint density at radius 2 is 1.83 bits per heavy atom. The van der Waals surface area contributed by atoms with Gasteiger partial charge in [0.2, 0.25) is 5.95 Å². The van der Waals surface area contributed by atoms with Gasteiger partial charge in [-0.2, -0.15) is 13.2 Å². The smallest absolute Gasteiger partial charge is 0.419 e. The molecular weight excluding hydrogens is 313 g/mol. The fraction of sp³-hybridized carbons (Fsp3) is 0.643. The molecule has 1 amide bonds. The van der Waals surface area contributed by atoms with Crippen LogP contribution in [0.4, 0.5) is 23.9 Å². The Hall–Kier alpha value is -2.06. The van der Waals surface area contributed by atoms with Crippen molar-refractivity contribution in [1.82, 2.24) is 14.9 Å². The zero-order chi connectivity index (χ0) is 17.8. The second-order valence-electron chi connectivity index (χ2n) is 6.11. The molecule has 23 heavy (non-hydrogen) atoms. The quantitative estimate of drug-likeness (QED) is 0.916. The van der Waals surface area contributed by atoms with Crippen molar-refractivity contribution in [2.75, 3.05) is 18.9 Å². The molecule has 0 saturated heterocycles. The Bertz CT molecular complexity index is 526. The van der Waals surface area contributed by atoms with Crippen molar-refractivity contribution in [3.05, 3.63) is 18.0 Å². The SMILES string of the molecule is CC(CNc1ncc(C(F)(F)F)cn1)N(C)C(=O)OC(C)(C)C. The minimum Gasteiger partial charge on any atom is -0.444 e. The van der Waals surface area contributed by atoms with E-state index >= 15 is 0 Å². The number of rotatable bonds is 4. The van der Waals surface area contributed by atoms with Crippen LogP contribution in [0, 0.1) is 0 Å². The second kappa shape index (κ2) is 7.01. The number of aromatic nitrogens is 2. The molecule has 1 unspecified atom stereocenters.